The molecule has 3 heteroatoms. The standard InChI is InChI=1S/C15H21NO2/c1-11(2)15(17)9-16(10-15)7-12-8-18-14-6-4-3-5-13(12)14/h3-6,11-12,17H,7-10H2,1-2H3. The minimum absolute atomic E-state index is 0.334. The van der Waals surface area contributed by atoms with Crippen molar-refractivity contribution in [2.45, 2.75) is 25.4 Å². The van der Waals surface area contributed by atoms with E-state index in [1.165, 1.54) is 5.56 Å². The van der Waals surface area contributed by atoms with Crippen LogP contribution < -0.4 is 4.74 Å². The molecule has 98 valence electrons. The Labute approximate surface area is 108 Å². The monoisotopic (exact) mass is 247 g/mol. The first-order valence-corrected chi connectivity index (χ1v) is 6.75. The van der Waals surface area contributed by atoms with Gasteiger partial charge in [0.25, 0.3) is 0 Å². The van der Waals surface area contributed by atoms with Crippen molar-refractivity contribution in [1.29, 1.82) is 0 Å². The van der Waals surface area contributed by atoms with Crippen molar-refractivity contribution >= 4 is 0 Å². The van der Waals surface area contributed by atoms with Gasteiger partial charge in [-0.2, -0.15) is 0 Å². The predicted octanol–water partition coefficient (Wildman–Crippen LogP) is 1.87. The Bertz CT molecular complexity index is 438. The Morgan fingerprint density at radius 3 is 2.83 bits per heavy atom. The number of fused-ring (bicyclic) bond motifs is 1. The van der Waals surface area contributed by atoms with Gasteiger partial charge < -0.3 is 9.84 Å². The maximum absolute atomic E-state index is 10.3. The minimum Gasteiger partial charge on any atom is -0.493 e. The lowest BCUT2D eigenvalue weighted by Crippen LogP contribution is -2.65. The Hall–Kier alpha value is -1.06. The van der Waals surface area contributed by atoms with E-state index in [2.05, 4.69) is 30.9 Å². The van der Waals surface area contributed by atoms with E-state index in [9.17, 15) is 5.11 Å². The molecule has 2 heterocycles. The van der Waals surface area contributed by atoms with E-state index in [0.29, 0.717) is 11.8 Å². The van der Waals surface area contributed by atoms with Crippen LogP contribution in [-0.4, -0.2) is 41.8 Å². The van der Waals surface area contributed by atoms with Crippen molar-refractivity contribution in [3.8, 4) is 5.75 Å². The molecule has 0 bridgehead atoms. The SMILES string of the molecule is CC(C)C1(O)CN(CC2COc3ccccc32)C1. The zero-order valence-corrected chi connectivity index (χ0v) is 11.1. The average molecular weight is 247 g/mol. The quantitative estimate of drug-likeness (QED) is 0.885. The van der Waals surface area contributed by atoms with Crippen molar-refractivity contribution in [3.63, 3.8) is 0 Å². The summed E-state index contributed by atoms with van der Waals surface area (Å²) in [7, 11) is 0. The summed E-state index contributed by atoms with van der Waals surface area (Å²) in [5.41, 5.74) is 0.844. The molecular formula is C15H21NO2. The van der Waals surface area contributed by atoms with Crippen LogP contribution in [0, 0.1) is 5.92 Å². The fourth-order valence-electron chi connectivity index (χ4n) is 2.91. The number of hydrogen-bond acceptors (Lipinski definition) is 3. The van der Waals surface area contributed by atoms with Gasteiger partial charge in [0.15, 0.2) is 0 Å². The van der Waals surface area contributed by atoms with E-state index in [4.69, 9.17) is 4.74 Å². The highest BCUT2D eigenvalue weighted by molar-refractivity contribution is 5.39. The lowest BCUT2D eigenvalue weighted by molar-refractivity contribution is -0.129. The largest absolute Gasteiger partial charge is 0.493 e. The van der Waals surface area contributed by atoms with Crippen molar-refractivity contribution in [2.75, 3.05) is 26.2 Å². The topological polar surface area (TPSA) is 32.7 Å². The number of para-hydroxylation sites is 1. The maximum Gasteiger partial charge on any atom is 0.122 e. The number of benzene rings is 1. The molecule has 1 unspecified atom stereocenters. The van der Waals surface area contributed by atoms with Gasteiger partial charge in [0.05, 0.1) is 12.2 Å². The molecule has 1 N–H and O–H groups in total. The molecule has 2 aliphatic heterocycles. The van der Waals surface area contributed by atoms with Gasteiger partial charge in [-0.05, 0) is 12.0 Å². The van der Waals surface area contributed by atoms with Crippen LogP contribution in [0.15, 0.2) is 24.3 Å². The van der Waals surface area contributed by atoms with Gasteiger partial charge in [0.2, 0.25) is 0 Å². The third-order valence-electron chi connectivity index (χ3n) is 4.35. The summed E-state index contributed by atoms with van der Waals surface area (Å²) >= 11 is 0. The van der Waals surface area contributed by atoms with Gasteiger partial charge in [-0.15, -0.1) is 0 Å². The second-order valence-corrected chi connectivity index (χ2v) is 5.97. The number of hydrogen-bond donors (Lipinski definition) is 1. The molecule has 0 aliphatic carbocycles. The molecule has 1 saturated heterocycles. The first-order valence-electron chi connectivity index (χ1n) is 6.75. The number of nitrogens with zero attached hydrogens (tertiary/aromatic N) is 1. The third-order valence-corrected chi connectivity index (χ3v) is 4.35. The van der Waals surface area contributed by atoms with Gasteiger partial charge in [-0.3, -0.25) is 4.90 Å². The average Bonchev–Trinajstić information content (AvgIpc) is 2.70. The van der Waals surface area contributed by atoms with Gasteiger partial charge >= 0.3 is 0 Å². The molecule has 0 radical (unpaired) electrons. The molecule has 3 rings (SSSR count). The highest BCUT2D eigenvalue weighted by atomic mass is 16.5. The van der Waals surface area contributed by atoms with E-state index in [1.807, 2.05) is 12.1 Å². The van der Waals surface area contributed by atoms with Gasteiger partial charge in [0.1, 0.15) is 5.75 Å². The van der Waals surface area contributed by atoms with Crippen LogP contribution in [0.1, 0.15) is 25.3 Å². The Morgan fingerprint density at radius 2 is 2.11 bits per heavy atom. The molecule has 1 aromatic rings. The molecule has 1 atom stereocenters. The number of aliphatic hydroxyl groups is 1. The normalized spacial score (nSPS) is 25.7. The first kappa shape index (κ1) is 12.0. The van der Waals surface area contributed by atoms with Crippen LogP contribution >= 0.6 is 0 Å². The van der Waals surface area contributed by atoms with E-state index in [-0.39, 0.29) is 0 Å². The van der Waals surface area contributed by atoms with Gasteiger partial charge in [0, 0.05) is 31.1 Å². The molecule has 0 amide bonds. The third kappa shape index (κ3) is 1.91. The smallest absolute Gasteiger partial charge is 0.122 e. The zero-order chi connectivity index (χ0) is 12.8. The van der Waals surface area contributed by atoms with Crippen molar-refractivity contribution in [2.24, 2.45) is 5.92 Å². The van der Waals surface area contributed by atoms with Gasteiger partial charge in [-0.25, -0.2) is 0 Å². The fourth-order valence-corrected chi connectivity index (χ4v) is 2.91. The summed E-state index contributed by atoms with van der Waals surface area (Å²) in [5.74, 6) is 1.82. The van der Waals surface area contributed by atoms with Crippen molar-refractivity contribution in [3.05, 3.63) is 29.8 Å². The lowest BCUT2D eigenvalue weighted by Gasteiger charge is -2.49. The second kappa shape index (κ2) is 4.25. The molecule has 0 spiro atoms. The lowest BCUT2D eigenvalue weighted by atomic mass is 9.82. The van der Waals surface area contributed by atoms with Crippen LogP contribution in [0.25, 0.3) is 0 Å². The minimum atomic E-state index is -0.473. The Morgan fingerprint density at radius 1 is 1.39 bits per heavy atom. The molecule has 1 aromatic carbocycles. The Kier molecular flexibility index (Phi) is 2.83. The summed E-state index contributed by atoms with van der Waals surface area (Å²) < 4.78 is 5.69. The van der Waals surface area contributed by atoms with E-state index < -0.39 is 5.60 Å². The molecule has 1 fully saturated rings. The van der Waals surface area contributed by atoms with E-state index in [0.717, 1.165) is 32.0 Å². The summed E-state index contributed by atoms with van der Waals surface area (Å²) in [4.78, 5) is 2.33. The zero-order valence-electron chi connectivity index (χ0n) is 11.1. The van der Waals surface area contributed by atoms with Gasteiger partial charge in [-0.1, -0.05) is 32.0 Å². The summed E-state index contributed by atoms with van der Waals surface area (Å²) in [5, 5.41) is 10.3. The highest BCUT2D eigenvalue weighted by Gasteiger charge is 2.44. The molecule has 3 nitrogen and oxygen atoms in total. The van der Waals surface area contributed by atoms with Crippen LogP contribution in [0.5, 0.6) is 5.75 Å². The molecule has 2 aliphatic rings. The second-order valence-electron chi connectivity index (χ2n) is 5.97. The van der Waals surface area contributed by atoms with Crippen molar-refractivity contribution < 1.29 is 9.84 Å². The van der Waals surface area contributed by atoms with Crippen LogP contribution in [0.2, 0.25) is 0 Å². The van der Waals surface area contributed by atoms with E-state index in [1.54, 1.807) is 0 Å². The summed E-state index contributed by atoms with van der Waals surface area (Å²) in [6.45, 7) is 7.53. The number of likely N-dealkylation sites (tertiary alicyclic amines) is 1. The summed E-state index contributed by atoms with van der Waals surface area (Å²) in [6, 6.07) is 8.28. The first-order chi connectivity index (χ1) is 8.58. The fraction of sp³-hybridized carbons (Fsp3) is 0.600. The molecule has 18 heavy (non-hydrogen) atoms. The highest BCUT2D eigenvalue weighted by Crippen LogP contribution is 2.36. The number of rotatable bonds is 3. The maximum atomic E-state index is 10.3. The van der Waals surface area contributed by atoms with Crippen LogP contribution in [0.4, 0.5) is 0 Å². The van der Waals surface area contributed by atoms with E-state index >= 15 is 0 Å². The summed E-state index contributed by atoms with van der Waals surface area (Å²) in [6.07, 6.45) is 0. The number of ether oxygens (including phenoxy) is 1. The predicted molar refractivity (Wildman–Crippen MR) is 70.9 cm³/mol. The molecular weight excluding hydrogens is 226 g/mol. The number of β-amino-alcohol motifs (C(OH)–C–C–N with tert-alkyl or cyclic N) is 1. The van der Waals surface area contributed by atoms with Crippen LogP contribution in [-0.2, 0) is 0 Å². The van der Waals surface area contributed by atoms with Crippen LogP contribution in [0.3, 0.4) is 0 Å². The molecule has 0 aromatic heterocycles. The molecule has 0 saturated carbocycles. The Balaban J connectivity index is 1.61. The van der Waals surface area contributed by atoms with Crippen molar-refractivity contribution in [1.82, 2.24) is 4.90 Å².